The zero-order valence-corrected chi connectivity index (χ0v) is 12.9. The molecule has 1 aromatic carbocycles. The lowest BCUT2D eigenvalue weighted by Crippen LogP contribution is -2.35. The minimum atomic E-state index is 0.477. The number of likely N-dealkylation sites (N-methyl/N-ethyl adjacent to an activating group) is 1. The van der Waals surface area contributed by atoms with E-state index in [0.717, 1.165) is 12.8 Å². The number of benzene rings is 1. The molecule has 1 N–H and O–H groups in total. The van der Waals surface area contributed by atoms with E-state index in [4.69, 9.17) is 0 Å². The molecule has 0 bridgehead atoms. The molecule has 1 nitrogen and oxygen atoms in total. The van der Waals surface area contributed by atoms with E-state index in [9.17, 15) is 0 Å². The first-order valence-corrected chi connectivity index (χ1v) is 7.52. The van der Waals surface area contributed by atoms with Gasteiger partial charge in [-0.3, -0.25) is 0 Å². The van der Waals surface area contributed by atoms with Crippen LogP contribution in [-0.2, 0) is 0 Å². The topological polar surface area (TPSA) is 12.0 Å². The standard InChI is InChI=1S/C18H29N/c1-6-14(3)13-17(19-5)18(15(4)7-2)16-11-9-8-10-12-16/h8-12,15,17-19H,3,6-7,13H2,1-2,4-5H3. The van der Waals surface area contributed by atoms with Crippen LogP contribution in [0.15, 0.2) is 42.5 Å². The molecule has 0 aliphatic carbocycles. The van der Waals surface area contributed by atoms with Crippen LogP contribution in [0.2, 0.25) is 0 Å². The summed E-state index contributed by atoms with van der Waals surface area (Å²) in [4.78, 5) is 0. The van der Waals surface area contributed by atoms with E-state index in [0.29, 0.717) is 17.9 Å². The van der Waals surface area contributed by atoms with Gasteiger partial charge < -0.3 is 5.32 Å². The van der Waals surface area contributed by atoms with Crippen molar-refractivity contribution in [1.82, 2.24) is 5.32 Å². The third-order valence-electron chi connectivity index (χ3n) is 4.25. The maximum absolute atomic E-state index is 4.18. The fraction of sp³-hybridized carbons (Fsp3) is 0.556. The molecule has 19 heavy (non-hydrogen) atoms. The largest absolute Gasteiger partial charge is 0.316 e. The van der Waals surface area contributed by atoms with Crippen LogP contribution in [0.5, 0.6) is 0 Å². The van der Waals surface area contributed by atoms with Gasteiger partial charge in [-0.25, -0.2) is 0 Å². The molecule has 0 spiro atoms. The quantitative estimate of drug-likeness (QED) is 0.664. The second-order valence-electron chi connectivity index (χ2n) is 5.52. The van der Waals surface area contributed by atoms with E-state index in [-0.39, 0.29) is 0 Å². The van der Waals surface area contributed by atoms with Crippen LogP contribution in [0.1, 0.15) is 51.5 Å². The van der Waals surface area contributed by atoms with Gasteiger partial charge >= 0.3 is 0 Å². The third kappa shape index (κ3) is 4.50. The molecular formula is C18H29N. The molecule has 0 fully saturated rings. The molecule has 0 aliphatic rings. The summed E-state index contributed by atoms with van der Waals surface area (Å²) in [5.74, 6) is 1.23. The van der Waals surface area contributed by atoms with Crippen LogP contribution >= 0.6 is 0 Å². The van der Waals surface area contributed by atoms with Crippen molar-refractivity contribution in [2.45, 2.75) is 52.0 Å². The van der Waals surface area contributed by atoms with E-state index >= 15 is 0 Å². The van der Waals surface area contributed by atoms with Crippen molar-refractivity contribution in [2.75, 3.05) is 7.05 Å². The number of nitrogens with one attached hydrogen (secondary N) is 1. The summed E-state index contributed by atoms with van der Waals surface area (Å²) in [6.45, 7) is 11.0. The maximum Gasteiger partial charge on any atom is 0.0172 e. The Kier molecular flexibility index (Phi) is 6.86. The number of rotatable bonds is 8. The summed E-state index contributed by atoms with van der Waals surface area (Å²) in [6, 6.07) is 11.4. The van der Waals surface area contributed by atoms with Crippen molar-refractivity contribution in [3.05, 3.63) is 48.0 Å². The molecule has 1 rings (SSSR count). The number of hydrogen-bond acceptors (Lipinski definition) is 1. The minimum absolute atomic E-state index is 0.477. The second-order valence-corrected chi connectivity index (χ2v) is 5.52. The maximum atomic E-state index is 4.18. The van der Waals surface area contributed by atoms with Crippen LogP contribution in [0.3, 0.4) is 0 Å². The van der Waals surface area contributed by atoms with Crippen LogP contribution in [0.25, 0.3) is 0 Å². The van der Waals surface area contributed by atoms with E-state index in [1.54, 1.807) is 0 Å². The summed E-state index contributed by atoms with van der Waals surface area (Å²) in [6.07, 6.45) is 3.34. The minimum Gasteiger partial charge on any atom is -0.316 e. The highest BCUT2D eigenvalue weighted by Crippen LogP contribution is 2.32. The van der Waals surface area contributed by atoms with Crippen molar-refractivity contribution >= 4 is 0 Å². The Bertz CT molecular complexity index is 369. The zero-order chi connectivity index (χ0) is 14.3. The predicted molar refractivity (Wildman–Crippen MR) is 85.5 cm³/mol. The summed E-state index contributed by atoms with van der Waals surface area (Å²) < 4.78 is 0. The molecule has 3 unspecified atom stereocenters. The van der Waals surface area contributed by atoms with E-state index in [2.05, 4.69) is 70.0 Å². The average Bonchev–Trinajstić information content (AvgIpc) is 2.46. The van der Waals surface area contributed by atoms with Crippen molar-refractivity contribution in [3.8, 4) is 0 Å². The van der Waals surface area contributed by atoms with Gasteiger partial charge in [0.15, 0.2) is 0 Å². The van der Waals surface area contributed by atoms with E-state index in [1.165, 1.54) is 17.6 Å². The van der Waals surface area contributed by atoms with Crippen LogP contribution < -0.4 is 5.32 Å². The lowest BCUT2D eigenvalue weighted by Gasteiger charge is -2.32. The van der Waals surface area contributed by atoms with Crippen LogP contribution in [-0.4, -0.2) is 13.1 Å². The summed E-state index contributed by atoms with van der Waals surface area (Å²) >= 11 is 0. The summed E-state index contributed by atoms with van der Waals surface area (Å²) in [7, 11) is 2.08. The molecule has 1 aromatic rings. The first-order valence-electron chi connectivity index (χ1n) is 7.52. The fourth-order valence-corrected chi connectivity index (χ4v) is 2.75. The van der Waals surface area contributed by atoms with Gasteiger partial charge in [0.05, 0.1) is 0 Å². The molecule has 0 saturated heterocycles. The SMILES string of the molecule is C=C(CC)CC(NC)C(c1ccccc1)C(C)CC. The molecule has 3 atom stereocenters. The van der Waals surface area contributed by atoms with Crippen molar-refractivity contribution in [2.24, 2.45) is 5.92 Å². The first-order chi connectivity index (χ1) is 9.13. The van der Waals surface area contributed by atoms with Crippen molar-refractivity contribution in [1.29, 1.82) is 0 Å². The summed E-state index contributed by atoms with van der Waals surface area (Å²) in [5.41, 5.74) is 2.78. The van der Waals surface area contributed by atoms with Gasteiger partial charge in [-0.2, -0.15) is 0 Å². The predicted octanol–water partition coefficient (Wildman–Crippen LogP) is 4.76. The third-order valence-corrected chi connectivity index (χ3v) is 4.25. The molecule has 0 amide bonds. The zero-order valence-electron chi connectivity index (χ0n) is 12.9. The highest BCUT2D eigenvalue weighted by Gasteiger charge is 2.26. The smallest absolute Gasteiger partial charge is 0.0172 e. The highest BCUT2D eigenvalue weighted by atomic mass is 14.9. The van der Waals surface area contributed by atoms with Crippen LogP contribution in [0, 0.1) is 5.92 Å². The Balaban J connectivity index is 2.98. The Morgan fingerprint density at radius 1 is 1.21 bits per heavy atom. The normalized spacial score (nSPS) is 15.8. The van der Waals surface area contributed by atoms with E-state index < -0.39 is 0 Å². The van der Waals surface area contributed by atoms with Gasteiger partial charge in [0.1, 0.15) is 0 Å². The molecule has 0 radical (unpaired) electrons. The van der Waals surface area contributed by atoms with Crippen molar-refractivity contribution < 1.29 is 0 Å². The molecular weight excluding hydrogens is 230 g/mol. The lowest BCUT2D eigenvalue weighted by molar-refractivity contribution is 0.344. The molecule has 106 valence electrons. The molecule has 0 heterocycles. The highest BCUT2D eigenvalue weighted by molar-refractivity contribution is 5.23. The van der Waals surface area contributed by atoms with Gasteiger partial charge in [0, 0.05) is 12.0 Å². The molecule has 0 aromatic heterocycles. The number of hydrogen-bond donors (Lipinski definition) is 1. The average molecular weight is 259 g/mol. The van der Waals surface area contributed by atoms with Gasteiger partial charge in [0.25, 0.3) is 0 Å². The molecule has 1 heteroatoms. The Labute approximate surface area is 119 Å². The lowest BCUT2D eigenvalue weighted by atomic mass is 9.78. The Morgan fingerprint density at radius 2 is 1.84 bits per heavy atom. The molecule has 0 aliphatic heterocycles. The Morgan fingerprint density at radius 3 is 2.32 bits per heavy atom. The van der Waals surface area contributed by atoms with Gasteiger partial charge in [-0.05, 0) is 31.4 Å². The Hall–Kier alpha value is -1.08. The van der Waals surface area contributed by atoms with Crippen molar-refractivity contribution in [3.63, 3.8) is 0 Å². The second kappa shape index (κ2) is 8.16. The van der Waals surface area contributed by atoms with Gasteiger partial charge in [0.2, 0.25) is 0 Å². The molecule has 0 saturated carbocycles. The first kappa shape index (κ1) is 16.0. The van der Waals surface area contributed by atoms with Gasteiger partial charge in [-0.15, -0.1) is 0 Å². The van der Waals surface area contributed by atoms with Crippen LogP contribution in [0.4, 0.5) is 0 Å². The van der Waals surface area contributed by atoms with Gasteiger partial charge in [-0.1, -0.05) is 69.7 Å². The summed E-state index contributed by atoms with van der Waals surface area (Å²) in [5, 5.41) is 3.52. The monoisotopic (exact) mass is 259 g/mol. The van der Waals surface area contributed by atoms with E-state index in [1.807, 2.05) is 0 Å². The fourth-order valence-electron chi connectivity index (χ4n) is 2.75.